The van der Waals surface area contributed by atoms with Gasteiger partial charge >= 0.3 is 0 Å². The maximum atomic E-state index is 13.3. The van der Waals surface area contributed by atoms with Crippen molar-refractivity contribution in [2.75, 3.05) is 13.2 Å². The monoisotopic (exact) mass is 331 g/mol. The molecule has 0 aliphatic heterocycles. The van der Waals surface area contributed by atoms with Crippen LogP contribution in [0.1, 0.15) is 30.2 Å². The van der Waals surface area contributed by atoms with Crippen molar-refractivity contribution in [3.8, 4) is 17.6 Å². The fourth-order valence-corrected chi connectivity index (χ4v) is 1.72. The lowest BCUT2D eigenvalue weighted by Crippen LogP contribution is -2.27. The van der Waals surface area contributed by atoms with Crippen LogP contribution in [0, 0.1) is 17.7 Å². The summed E-state index contributed by atoms with van der Waals surface area (Å²) in [7, 11) is 0. The number of aliphatic hydroxyl groups is 1. The van der Waals surface area contributed by atoms with Crippen LogP contribution in [-0.4, -0.2) is 29.8 Å². The van der Waals surface area contributed by atoms with Crippen molar-refractivity contribution < 1.29 is 23.4 Å². The second kappa shape index (κ2) is 7.66. The highest BCUT2D eigenvalue weighted by Gasteiger charge is 2.11. The molecule has 2 aromatic rings. The third kappa shape index (κ3) is 5.45. The highest BCUT2D eigenvalue weighted by Crippen LogP contribution is 2.14. The van der Waals surface area contributed by atoms with Crippen molar-refractivity contribution in [2.24, 2.45) is 0 Å². The van der Waals surface area contributed by atoms with Crippen LogP contribution in [0.25, 0.3) is 0 Å². The van der Waals surface area contributed by atoms with E-state index in [1.807, 2.05) is 0 Å². The lowest BCUT2D eigenvalue weighted by molar-refractivity contribution is 0.0918. The second-order valence-corrected chi connectivity index (χ2v) is 5.51. The predicted octanol–water partition coefficient (Wildman–Crippen LogP) is 2.35. The number of nitrogens with one attached hydrogen (secondary N) is 1. The van der Waals surface area contributed by atoms with E-state index in [2.05, 4.69) is 17.2 Å². The summed E-state index contributed by atoms with van der Waals surface area (Å²) in [5.74, 6) is 4.87. The Morgan fingerprint density at radius 2 is 2.08 bits per heavy atom. The predicted molar refractivity (Wildman–Crippen MR) is 86.1 cm³/mol. The number of carbonyl (C=O) groups excluding carboxylic acids is 1. The summed E-state index contributed by atoms with van der Waals surface area (Å²) >= 11 is 0. The number of rotatable bonds is 5. The molecule has 1 amide bonds. The Hall–Kier alpha value is -2.78. The zero-order valence-electron chi connectivity index (χ0n) is 13.4. The molecule has 6 heteroatoms. The van der Waals surface area contributed by atoms with E-state index in [0.29, 0.717) is 0 Å². The summed E-state index contributed by atoms with van der Waals surface area (Å²) in [6.45, 7) is 3.41. The maximum absolute atomic E-state index is 13.3. The molecule has 2 N–H and O–H groups in total. The highest BCUT2D eigenvalue weighted by molar-refractivity contribution is 5.91. The molecule has 0 spiro atoms. The zero-order chi connectivity index (χ0) is 17.6. The lowest BCUT2D eigenvalue weighted by Gasteiger charge is -2.07. The summed E-state index contributed by atoms with van der Waals surface area (Å²) in [6, 6.07) is 9.07. The number of hydrogen-bond acceptors (Lipinski definition) is 4. The largest absolute Gasteiger partial charge is 0.489 e. The van der Waals surface area contributed by atoms with Crippen LogP contribution in [0.5, 0.6) is 5.75 Å². The van der Waals surface area contributed by atoms with E-state index in [9.17, 15) is 14.3 Å². The molecule has 0 fully saturated rings. The fourth-order valence-electron chi connectivity index (χ4n) is 1.72. The number of furan rings is 1. The maximum Gasteiger partial charge on any atom is 0.287 e. The number of hydrogen-bond donors (Lipinski definition) is 2. The molecule has 0 aliphatic carbocycles. The minimum absolute atomic E-state index is 0.0981. The van der Waals surface area contributed by atoms with E-state index in [0.717, 1.165) is 0 Å². The molecule has 2 rings (SSSR count). The molecular weight excluding hydrogens is 313 g/mol. The molecule has 0 radical (unpaired) electrons. The Morgan fingerprint density at radius 1 is 1.33 bits per heavy atom. The Balaban J connectivity index is 1.82. The van der Waals surface area contributed by atoms with Gasteiger partial charge in [-0.2, -0.15) is 0 Å². The number of carbonyl (C=O) groups is 1. The van der Waals surface area contributed by atoms with Gasteiger partial charge in [0.05, 0.1) is 6.54 Å². The summed E-state index contributed by atoms with van der Waals surface area (Å²) in [6.07, 6.45) is 0. The first-order chi connectivity index (χ1) is 11.3. The van der Waals surface area contributed by atoms with Gasteiger partial charge in [-0.3, -0.25) is 4.79 Å². The molecule has 5 nitrogen and oxygen atoms in total. The molecular formula is C18H18FNO4. The Kier molecular flexibility index (Phi) is 5.61. The van der Waals surface area contributed by atoms with Gasteiger partial charge in [0.1, 0.15) is 12.2 Å². The van der Waals surface area contributed by atoms with E-state index < -0.39 is 17.3 Å². The van der Waals surface area contributed by atoms with Crippen molar-refractivity contribution in [3.63, 3.8) is 0 Å². The zero-order valence-corrected chi connectivity index (χ0v) is 13.4. The van der Waals surface area contributed by atoms with Gasteiger partial charge in [0, 0.05) is 0 Å². The molecule has 0 unspecified atom stereocenters. The number of benzene rings is 1. The van der Waals surface area contributed by atoms with Crippen LogP contribution >= 0.6 is 0 Å². The molecule has 0 saturated carbocycles. The number of amides is 1. The van der Waals surface area contributed by atoms with Crippen molar-refractivity contribution in [1.82, 2.24) is 5.32 Å². The first-order valence-electron chi connectivity index (χ1n) is 7.36. The number of ether oxygens (including phenoxy) is 1. The van der Waals surface area contributed by atoms with Crippen LogP contribution in [0.15, 0.2) is 40.8 Å². The van der Waals surface area contributed by atoms with E-state index in [1.165, 1.54) is 18.2 Å². The Morgan fingerprint density at radius 3 is 2.79 bits per heavy atom. The Labute approximate surface area is 139 Å². The minimum Gasteiger partial charge on any atom is -0.489 e. The molecule has 1 aromatic carbocycles. The lowest BCUT2D eigenvalue weighted by atomic mass is 10.1. The molecule has 0 atom stereocenters. The molecule has 0 aliphatic rings. The summed E-state index contributed by atoms with van der Waals surface area (Å²) < 4.78 is 23.9. The normalized spacial score (nSPS) is 10.7. The van der Waals surface area contributed by atoms with Gasteiger partial charge in [0.15, 0.2) is 23.1 Å². The van der Waals surface area contributed by atoms with Crippen LogP contribution in [0.2, 0.25) is 0 Å². The first-order valence-corrected chi connectivity index (χ1v) is 7.36. The molecule has 126 valence electrons. The topological polar surface area (TPSA) is 71.7 Å². The SMILES string of the molecule is CC(C)(O)C#Cc1ccc(C(=O)NCCOc2ccccc2F)o1. The standard InChI is InChI=1S/C18H18FNO4/c1-18(2,22)10-9-13-7-8-16(24-13)17(21)20-11-12-23-15-6-4-3-5-14(15)19/h3-8,22H,11-12H2,1-2H3,(H,20,21). The summed E-state index contributed by atoms with van der Waals surface area (Å²) in [5, 5.41) is 12.1. The summed E-state index contributed by atoms with van der Waals surface area (Å²) in [4.78, 5) is 11.9. The van der Waals surface area contributed by atoms with Gasteiger partial charge < -0.3 is 19.6 Å². The third-order valence-electron chi connectivity index (χ3n) is 2.80. The van der Waals surface area contributed by atoms with Gasteiger partial charge in [-0.1, -0.05) is 18.1 Å². The first kappa shape index (κ1) is 17.6. The van der Waals surface area contributed by atoms with Gasteiger partial charge in [0.2, 0.25) is 0 Å². The van der Waals surface area contributed by atoms with Gasteiger partial charge in [-0.25, -0.2) is 4.39 Å². The van der Waals surface area contributed by atoms with Gasteiger partial charge in [-0.05, 0) is 44.0 Å². The minimum atomic E-state index is -1.14. The molecule has 0 saturated heterocycles. The van der Waals surface area contributed by atoms with E-state index >= 15 is 0 Å². The van der Waals surface area contributed by atoms with Crippen molar-refractivity contribution in [3.05, 3.63) is 53.7 Å². The van der Waals surface area contributed by atoms with E-state index in [-0.39, 0.29) is 30.4 Å². The Bertz CT molecular complexity index is 765. The van der Waals surface area contributed by atoms with Crippen molar-refractivity contribution in [2.45, 2.75) is 19.4 Å². The van der Waals surface area contributed by atoms with Gasteiger partial charge in [-0.15, -0.1) is 0 Å². The number of para-hydroxylation sites is 1. The fraction of sp³-hybridized carbons (Fsp3) is 0.278. The van der Waals surface area contributed by atoms with Crippen LogP contribution in [0.3, 0.4) is 0 Å². The molecule has 24 heavy (non-hydrogen) atoms. The smallest absolute Gasteiger partial charge is 0.287 e. The van der Waals surface area contributed by atoms with Crippen LogP contribution in [0.4, 0.5) is 4.39 Å². The molecule has 1 heterocycles. The highest BCUT2D eigenvalue weighted by atomic mass is 19.1. The summed E-state index contributed by atoms with van der Waals surface area (Å²) in [5.41, 5.74) is -1.14. The molecule has 0 bridgehead atoms. The van der Waals surface area contributed by atoms with Crippen molar-refractivity contribution >= 4 is 5.91 Å². The van der Waals surface area contributed by atoms with Crippen LogP contribution < -0.4 is 10.1 Å². The molecule has 1 aromatic heterocycles. The quantitative estimate of drug-likeness (QED) is 0.652. The third-order valence-corrected chi connectivity index (χ3v) is 2.80. The average molecular weight is 331 g/mol. The van der Waals surface area contributed by atoms with Crippen LogP contribution in [-0.2, 0) is 0 Å². The van der Waals surface area contributed by atoms with E-state index in [1.54, 1.807) is 32.0 Å². The second-order valence-electron chi connectivity index (χ2n) is 5.51. The van der Waals surface area contributed by atoms with Crippen molar-refractivity contribution in [1.29, 1.82) is 0 Å². The number of halogens is 1. The van der Waals surface area contributed by atoms with Gasteiger partial charge in [0.25, 0.3) is 5.91 Å². The average Bonchev–Trinajstić information content (AvgIpc) is 2.99. The van der Waals surface area contributed by atoms with E-state index in [4.69, 9.17) is 9.15 Å².